The first-order valence-corrected chi connectivity index (χ1v) is 6.13. The molecule has 0 amide bonds. The average molecular weight is 305 g/mol. The second-order valence-electron chi connectivity index (χ2n) is 3.71. The number of hydrogen-bond donors (Lipinski definition) is 0. The highest BCUT2D eigenvalue weighted by molar-refractivity contribution is 6.40. The first kappa shape index (κ1) is 13.3. The Morgan fingerprint density at radius 2 is 1.78 bits per heavy atom. The molecule has 0 bridgehead atoms. The Hall–Kier alpha value is -1.10. The van der Waals surface area contributed by atoms with Gasteiger partial charge >= 0.3 is 0 Å². The maximum Gasteiger partial charge on any atom is 0.181 e. The lowest BCUT2D eigenvalue weighted by atomic mass is 10.2. The van der Waals surface area contributed by atoms with Crippen LogP contribution in [0.3, 0.4) is 0 Å². The standard InChI is InChI=1S/C11H8Cl3N3O/c1-5-10(6(2)18)15-16-17(5)11-8(13)3-7(12)4-9(11)14/h3-4H,1-2H3. The van der Waals surface area contributed by atoms with E-state index in [-0.39, 0.29) is 11.5 Å². The maximum absolute atomic E-state index is 11.3. The highest BCUT2D eigenvalue weighted by Crippen LogP contribution is 2.32. The normalized spacial score (nSPS) is 10.7. The van der Waals surface area contributed by atoms with Crippen molar-refractivity contribution in [2.24, 2.45) is 0 Å². The van der Waals surface area contributed by atoms with Gasteiger partial charge in [-0.3, -0.25) is 4.79 Å². The van der Waals surface area contributed by atoms with Gasteiger partial charge in [0.1, 0.15) is 5.69 Å². The van der Waals surface area contributed by atoms with E-state index in [9.17, 15) is 4.79 Å². The predicted molar refractivity (Wildman–Crippen MR) is 71.1 cm³/mol. The zero-order valence-corrected chi connectivity index (χ0v) is 11.8. The van der Waals surface area contributed by atoms with Crippen molar-refractivity contribution in [2.45, 2.75) is 13.8 Å². The molecule has 2 aromatic rings. The minimum absolute atomic E-state index is 0.167. The van der Waals surface area contributed by atoms with Crippen LogP contribution in [-0.4, -0.2) is 20.8 Å². The third-order valence-electron chi connectivity index (χ3n) is 2.42. The van der Waals surface area contributed by atoms with Crippen molar-refractivity contribution in [1.82, 2.24) is 15.0 Å². The fourth-order valence-electron chi connectivity index (χ4n) is 1.60. The first-order chi connectivity index (χ1) is 8.41. The molecule has 18 heavy (non-hydrogen) atoms. The van der Waals surface area contributed by atoms with Crippen LogP contribution >= 0.6 is 34.8 Å². The van der Waals surface area contributed by atoms with Gasteiger partial charge in [-0.05, 0) is 19.1 Å². The monoisotopic (exact) mass is 303 g/mol. The number of benzene rings is 1. The van der Waals surface area contributed by atoms with E-state index in [2.05, 4.69) is 10.3 Å². The van der Waals surface area contributed by atoms with Gasteiger partial charge in [-0.2, -0.15) is 0 Å². The Kier molecular flexibility index (Phi) is 3.61. The van der Waals surface area contributed by atoms with Crippen LogP contribution in [0.1, 0.15) is 23.1 Å². The SMILES string of the molecule is CC(=O)c1nnn(-c2c(Cl)cc(Cl)cc2Cl)c1C. The smallest absolute Gasteiger partial charge is 0.181 e. The molecule has 0 aliphatic heterocycles. The predicted octanol–water partition coefficient (Wildman–Crippen LogP) is 3.74. The molecule has 0 saturated heterocycles. The molecule has 0 spiro atoms. The maximum atomic E-state index is 11.3. The van der Waals surface area contributed by atoms with Crippen LogP contribution in [-0.2, 0) is 0 Å². The third kappa shape index (κ3) is 2.23. The number of carbonyl (C=O) groups excluding carboxylic acids is 1. The van der Waals surface area contributed by atoms with E-state index in [1.807, 2.05) is 0 Å². The molecular formula is C11H8Cl3N3O. The highest BCUT2D eigenvalue weighted by Gasteiger charge is 2.18. The molecule has 1 heterocycles. The lowest BCUT2D eigenvalue weighted by Gasteiger charge is -2.08. The summed E-state index contributed by atoms with van der Waals surface area (Å²) in [6.45, 7) is 3.14. The van der Waals surface area contributed by atoms with Gasteiger partial charge < -0.3 is 0 Å². The number of Topliss-reactive ketones (excluding diaryl/α,β-unsaturated/α-hetero) is 1. The van der Waals surface area contributed by atoms with Gasteiger partial charge in [-0.1, -0.05) is 40.0 Å². The van der Waals surface area contributed by atoms with Crippen LogP contribution in [0.2, 0.25) is 15.1 Å². The topological polar surface area (TPSA) is 47.8 Å². The van der Waals surface area contributed by atoms with E-state index in [0.717, 1.165) is 0 Å². The van der Waals surface area contributed by atoms with Crippen LogP contribution in [0.5, 0.6) is 0 Å². The highest BCUT2D eigenvalue weighted by atomic mass is 35.5. The van der Waals surface area contributed by atoms with Crippen molar-refractivity contribution < 1.29 is 4.79 Å². The van der Waals surface area contributed by atoms with Crippen molar-refractivity contribution >= 4 is 40.6 Å². The lowest BCUT2D eigenvalue weighted by molar-refractivity contribution is 0.101. The first-order valence-electron chi connectivity index (χ1n) is 5.00. The molecule has 0 aliphatic rings. The minimum Gasteiger partial charge on any atom is -0.293 e. The molecule has 0 unspecified atom stereocenters. The van der Waals surface area contributed by atoms with E-state index < -0.39 is 0 Å². The summed E-state index contributed by atoms with van der Waals surface area (Å²) in [5.74, 6) is -0.167. The Morgan fingerprint density at radius 1 is 1.22 bits per heavy atom. The molecule has 0 fully saturated rings. The van der Waals surface area contributed by atoms with Crippen LogP contribution in [0.25, 0.3) is 5.69 Å². The molecule has 1 aromatic heterocycles. The van der Waals surface area contributed by atoms with Crippen molar-refractivity contribution in [3.63, 3.8) is 0 Å². The lowest BCUT2D eigenvalue weighted by Crippen LogP contribution is -2.02. The molecule has 0 atom stereocenters. The zero-order chi connectivity index (χ0) is 13.4. The third-order valence-corrected chi connectivity index (χ3v) is 3.22. The second-order valence-corrected chi connectivity index (χ2v) is 4.96. The Bertz CT molecular complexity index is 613. The van der Waals surface area contributed by atoms with Crippen LogP contribution in [0, 0.1) is 6.92 Å². The summed E-state index contributed by atoms with van der Waals surface area (Å²) < 4.78 is 1.43. The van der Waals surface area contributed by atoms with Crippen molar-refractivity contribution in [2.75, 3.05) is 0 Å². The van der Waals surface area contributed by atoms with Crippen molar-refractivity contribution in [3.05, 3.63) is 38.6 Å². The number of rotatable bonds is 2. The Balaban J connectivity index is 2.67. The van der Waals surface area contributed by atoms with Crippen molar-refractivity contribution in [3.8, 4) is 5.69 Å². The fraction of sp³-hybridized carbons (Fsp3) is 0.182. The zero-order valence-electron chi connectivity index (χ0n) is 9.54. The number of halogens is 3. The summed E-state index contributed by atoms with van der Waals surface area (Å²) in [5.41, 5.74) is 1.32. The molecule has 0 aliphatic carbocycles. The Labute approximate surface area is 118 Å². The summed E-state index contributed by atoms with van der Waals surface area (Å²) in [5, 5.41) is 8.82. The molecule has 1 aromatic carbocycles. The number of ketones is 1. The average Bonchev–Trinajstić information content (AvgIpc) is 2.59. The molecule has 4 nitrogen and oxygen atoms in total. The minimum atomic E-state index is -0.167. The summed E-state index contributed by atoms with van der Waals surface area (Å²) in [4.78, 5) is 11.3. The molecule has 0 saturated carbocycles. The molecule has 0 N–H and O–H groups in total. The van der Waals surface area contributed by atoms with Gasteiger partial charge in [0.25, 0.3) is 0 Å². The van der Waals surface area contributed by atoms with E-state index in [0.29, 0.717) is 26.4 Å². The van der Waals surface area contributed by atoms with E-state index in [1.54, 1.807) is 19.1 Å². The molecule has 7 heteroatoms. The molecule has 0 radical (unpaired) electrons. The van der Waals surface area contributed by atoms with Crippen LogP contribution in [0.15, 0.2) is 12.1 Å². The van der Waals surface area contributed by atoms with Gasteiger partial charge in [-0.25, -0.2) is 4.68 Å². The summed E-state index contributed by atoms with van der Waals surface area (Å²) in [6, 6.07) is 3.11. The number of nitrogens with zero attached hydrogens (tertiary/aromatic N) is 3. The molecular weight excluding hydrogens is 297 g/mol. The summed E-state index contributed by atoms with van der Waals surface area (Å²) >= 11 is 18.0. The van der Waals surface area contributed by atoms with Gasteiger partial charge in [0.15, 0.2) is 11.5 Å². The fourth-order valence-corrected chi connectivity index (χ4v) is 2.58. The Morgan fingerprint density at radius 3 is 2.22 bits per heavy atom. The van der Waals surface area contributed by atoms with Crippen LogP contribution in [0.4, 0.5) is 0 Å². The van der Waals surface area contributed by atoms with E-state index >= 15 is 0 Å². The van der Waals surface area contributed by atoms with Crippen LogP contribution < -0.4 is 0 Å². The van der Waals surface area contributed by atoms with E-state index in [4.69, 9.17) is 34.8 Å². The van der Waals surface area contributed by atoms with E-state index in [1.165, 1.54) is 11.6 Å². The summed E-state index contributed by atoms with van der Waals surface area (Å²) in [7, 11) is 0. The number of carbonyl (C=O) groups is 1. The largest absolute Gasteiger partial charge is 0.293 e. The van der Waals surface area contributed by atoms with Gasteiger partial charge in [-0.15, -0.1) is 5.10 Å². The van der Waals surface area contributed by atoms with Crippen molar-refractivity contribution in [1.29, 1.82) is 0 Å². The van der Waals surface area contributed by atoms with Gasteiger partial charge in [0, 0.05) is 11.9 Å². The van der Waals surface area contributed by atoms with Gasteiger partial charge in [0.05, 0.1) is 15.7 Å². The second kappa shape index (κ2) is 4.88. The number of hydrogen-bond acceptors (Lipinski definition) is 3. The summed E-state index contributed by atoms with van der Waals surface area (Å²) in [6.07, 6.45) is 0. The number of aromatic nitrogens is 3. The van der Waals surface area contributed by atoms with Gasteiger partial charge in [0.2, 0.25) is 0 Å². The molecule has 94 valence electrons. The quantitative estimate of drug-likeness (QED) is 0.794. The molecule has 2 rings (SSSR count).